The number of unbranched alkanes of at least 4 members (excludes halogenated alkanes) is 1. The largest absolute Gasteiger partial charge is 0.482 e. The van der Waals surface area contributed by atoms with E-state index in [4.69, 9.17) is 4.74 Å². The second-order valence-corrected chi connectivity index (χ2v) is 8.16. The molecule has 2 aromatic rings. The Hall–Kier alpha value is -2.41. The van der Waals surface area contributed by atoms with Gasteiger partial charge < -0.3 is 9.64 Å². The maximum atomic E-state index is 12.6. The number of nitrogens with zero attached hydrogens (tertiary/aromatic N) is 3. The number of carbonyl (C=O) groups is 2. The number of hydrogen-bond acceptors (Lipinski definition) is 5. The van der Waals surface area contributed by atoms with Crippen molar-refractivity contribution in [3.05, 3.63) is 28.1 Å². The maximum absolute atomic E-state index is 12.6. The molecule has 0 fully saturated rings. The van der Waals surface area contributed by atoms with Crippen molar-refractivity contribution in [1.82, 2.24) is 9.88 Å². The molecule has 0 saturated carbocycles. The van der Waals surface area contributed by atoms with E-state index in [0.29, 0.717) is 18.0 Å². The molecule has 3 rings (SSSR count). The molecule has 0 bridgehead atoms. The van der Waals surface area contributed by atoms with Gasteiger partial charge in [0.1, 0.15) is 12.3 Å². The van der Waals surface area contributed by atoms with Crippen LogP contribution in [0.3, 0.4) is 0 Å². The van der Waals surface area contributed by atoms with Gasteiger partial charge in [-0.15, -0.1) is 11.3 Å². The standard InChI is InChI=1S/C20H25N3O3S/c1-5-6-9-22(4)18(24)11-23-16-10-15(20-13(2)27-14(3)21-20)7-8-17(16)26-12-19(23)25/h7-8,10H,5-6,9,11-12H2,1-4H3. The molecule has 1 aliphatic heterocycles. The third-order valence-corrected chi connectivity index (χ3v) is 5.53. The van der Waals surface area contributed by atoms with Crippen molar-refractivity contribution in [2.45, 2.75) is 33.6 Å². The van der Waals surface area contributed by atoms with Crippen LogP contribution in [0.25, 0.3) is 11.3 Å². The summed E-state index contributed by atoms with van der Waals surface area (Å²) < 4.78 is 5.57. The lowest BCUT2D eigenvalue weighted by Crippen LogP contribution is -2.45. The van der Waals surface area contributed by atoms with Crippen molar-refractivity contribution >= 4 is 28.8 Å². The smallest absolute Gasteiger partial charge is 0.265 e. The normalized spacial score (nSPS) is 13.3. The first-order valence-electron chi connectivity index (χ1n) is 9.16. The highest BCUT2D eigenvalue weighted by molar-refractivity contribution is 7.11. The first-order valence-corrected chi connectivity index (χ1v) is 9.98. The van der Waals surface area contributed by atoms with E-state index in [-0.39, 0.29) is 25.0 Å². The second-order valence-electron chi connectivity index (χ2n) is 6.76. The molecule has 144 valence electrons. The van der Waals surface area contributed by atoms with Gasteiger partial charge in [0.2, 0.25) is 5.91 Å². The minimum Gasteiger partial charge on any atom is -0.482 e. The lowest BCUT2D eigenvalue weighted by molar-refractivity contribution is -0.131. The third kappa shape index (κ3) is 4.13. The van der Waals surface area contributed by atoms with Gasteiger partial charge >= 0.3 is 0 Å². The first kappa shape index (κ1) is 19.4. The average Bonchev–Trinajstić information content (AvgIpc) is 2.99. The number of carbonyl (C=O) groups excluding carboxylic acids is 2. The summed E-state index contributed by atoms with van der Waals surface area (Å²) in [5.74, 6) is 0.339. The Kier molecular flexibility index (Phi) is 5.79. The molecule has 1 aromatic heterocycles. The van der Waals surface area contributed by atoms with Crippen molar-refractivity contribution in [2.24, 2.45) is 0 Å². The van der Waals surface area contributed by atoms with E-state index < -0.39 is 0 Å². The van der Waals surface area contributed by atoms with Crippen LogP contribution in [-0.4, -0.2) is 48.4 Å². The Labute approximate surface area is 163 Å². The van der Waals surface area contributed by atoms with Gasteiger partial charge in [-0.05, 0) is 38.5 Å². The number of hydrogen-bond donors (Lipinski definition) is 0. The topological polar surface area (TPSA) is 62.7 Å². The molecule has 0 radical (unpaired) electrons. The van der Waals surface area contributed by atoms with Crippen LogP contribution in [0.1, 0.15) is 29.7 Å². The number of rotatable bonds is 6. The van der Waals surface area contributed by atoms with Gasteiger partial charge in [-0.25, -0.2) is 4.98 Å². The predicted molar refractivity (Wildman–Crippen MR) is 107 cm³/mol. The van der Waals surface area contributed by atoms with Crippen LogP contribution in [0.15, 0.2) is 18.2 Å². The Bertz CT molecular complexity index is 862. The summed E-state index contributed by atoms with van der Waals surface area (Å²) in [5, 5.41) is 0.997. The van der Waals surface area contributed by atoms with Crippen molar-refractivity contribution in [2.75, 3.05) is 31.6 Å². The molecule has 0 atom stereocenters. The van der Waals surface area contributed by atoms with Crippen LogP contribution >= 0.6 is 11.3 Å². The zero-order chi connectivity index (χ0) is 19.6. The summed E-state index contributed by atoms with van der Waals surface area (Å²) in [7, 11) is 1.78. The van der Waals surface area contributed by atoms with Crippen LogP contribution in [0.4, 0.5) is 5.69 Å². The number of aromatic nitrogens is 1. The van der Waals surface area contributed by atoms with Crippen LogP contribution in [0.5, 0.6) is 5.75 Å². The molecule has 2 heterocycles. The number of anilines is 1. The first-order chi connectivity index (χ1) is 12.9. The molecule has 6 nitrogen and oxygen atoms in total. The molecule has 0 unspecified atom stereocenters. The van der Waals surface area contributed by atoms with E-state index in [0.717, 1.165) is 34.0 Å². The van der Waals surface area contributed by atoms with Crippen molar-refractivity contribution in [1.29, 1.82) is 0 Å². The second kappa shape index (κ2) is 8.08. The highest BCUT2D eigenvalue weighted by Gasteiger charge is 2.29. The number of amides is 2. The predicted octanol–water partition coefficient (Wildman–Crippen LogP) is 3.41. The quantitative estimate of drug-likeness (QED) is 0.762. The van der Waals surface area contributed by atoms with E-state index in [1.54, 1.807) is 23.3 Å². The molecule has 1 aromatic carbocycles. The average molecular weight is 388 g/mol. The SMILES string of the molecule is CCCCN(C)C(=O)CN1C(=O)COc2ccc(-c3nc(C)sc3C)cc21. The van der Waals surface area contributed by atoms with Crippen LogP contribution in [-0.2, 0) is 9.59 Å². The molecule has 0 N–H and O–H groups in total. The lowest BCUT2D eigenvalue weighted by atomic mass is 10.1. The summed E-state index contributed by atoms with van der Waals surface area (Å²) in [6, 6.07) is 5.69. The number of ether oxygens (including phenoxy) is 1. The summed E-state index contributed by atoms with van der Waals surface area (Å²) in [6.07, 6.45) is 1.97. The molecule has 1 aliphatic rings. The Morgan fingerprint density at radius 3 is 2.81 bits per heavy atom. The fourth-order valence-corrected chi connectivity index (χ4v) is 3.94. The summed E-state index contributed by atoms with van der Waals surface area (Å²) in [4.78, 5) is 34.0. The summed E-state index contributed by atoms with van der Waals surface area (Å²) >= 11 is 1.64. The van der Waals surface area contributed by atoms with Gasteiger partial charge in [-0.1, -0.05) is 13.3 Å². The number of benzene rings is 1. The van der Waals surface area contributed by atoms with Crippen LogP contribution in [0.2, 0.25) is 0 Å². The van der Waals surface area contributed by atoms with Crippen LogP contribution < -0.4 is 9.64 Å². The minimum atomic E-state index is -0.205. The van der Waals surface area contributed by atoms with Gasteiger partial charge in [-0.3, -0.25) is 14.5 Å². The van der Waals surface area contributed by atoms with Crippen molar-refractivity contribution in [3.8, 4) is 17.0 Å². The molecular weight excluding hydrogens is 362 g/mol. The zero-order valence-corrected chi connectivity index (χ0v) is 17.1. The number of thiazole rings is 1. The van der Waals surface area contributed by atoms with Gasteiger partial charge in [0, 0.05) is 24.0 Å². The van der Waals surface area contributed by atoms with E-state index in [1.165, 1.54) is 4.90 Å². The van der Waals surface area contributed by atoms with E-state index in [1.807, 2.05) is 32.0 Å². The van der Waals surface area contributed by atoms with E-state index in [2.05, 4.69) is 11.9 Å². The fraction of sp³-hybridized carbons (Fsp3) is 0.450. The van der Waals surface area contributed by atoms with E-state index in [9.17, 15) is 9.59 Å². The summed E-state index contributed by atoms with van der Waals surface area (Å²) in [6.45, 7) is 6.76. The number of likely N-dealkylation sites (N-methyl/N-ethyl adjacent to an activating group) is 1. The lowest BCUT2D eigenvalue weighted by Gasteiger charge is -2.30. The Morgan fingerprint density at radius 2 is 2.15 bits per heavy atom. The van der Waals surface area contributed by atoms with Crippen LogP contribution in [0, 0.1) is 13.8 Å². The third-order valence-electron chi connectivity index (χ3n) is 4.65. The molecule has 0 saturated heterocycles. The molecule has 27 heavy (non-hydrogen) atoms. The Balaban J connectivity index is 1.89. The highest BCUT2D eigenvalue weighted by atomic mass is 32.1. The maximum Gasteiger partial charge on any atom is 0.265 e. The molecular formula is C20H25N3O3S. The Morgan fingerprint density at radius 1 is 1.37 bits per heavy atom. The van der Waals surface area contributed by atoms with Crippen molar-refractivity contribution in [3.63, 3.8) is 0 Å². The molecule has 2 amide bonds. The molecule has 7 heteroatoms. The van der Waals surface area contributed by atoms with Gasteiger partial charge in [0.15, 0.2) is 6.61 Å². The minimum absolute atomic E-state index is 0.0218. The highest BCUT2D eigenvalue weighted by Crippen LogP contribution is 2.37. The van der Waals surface area contributed by atoms with Gasteiger partial charge in [0.25, 0.3) is 5.91 Å². The molecule has 0 aliphatic carbocycles. The molecule has 0 spiro atoms. The summed E-state index contributed by atoms with van der Waals surface area (Å²) in [5.41, 5.74) is 2.46. The van der Waals surface area contributed by atoms with Crippen molar-refractivity contribution < 1.29 is 14.3 Å². The zero-order valence-electron chi connectivity index (χ0n) is 16.2. The van der Waals surface area contributed by atoms with Gasteiger partial charge in [0.05, 0.1) is 16.4 Å². The number of aryl methyl sites for hydroxylation is 2. The number of fused-ring (bicyclic) bond motifs is 1. The monoisotopic (exact) mass is 387 g/mol. The van der Waals surface area contributed by atoms with Gasteiger partial charge in [-0.2, -0.15) is 0 Å². The fourth-order valence-electron chi connectivity index (χ4n) is 3.10. The van der Waals surface area contributed by atoms with E-state index >= 15 is 0 Å².